The first kappa shape index (κ1) is 17.9. The van der Waals surface area contributed by atoms with Crippen LogP contribution in [0.15, 0.2) is 47.5 Å². The third-order valence-corrected chi connectivity index (χ3v) is 5.39. The molecule has 0 amide bonds. The summed E-state index contributed by atoms with van der Waals surface area (Å²) in [5, 5.41) is 9.58. The Morgan fingerprint density at radius 1 is 1.15 bits per heavy atom. The van der Waals surface area contributed by atoms with Crippen LogP contribution in [0, 0.1) is 19.7 Å². The number of nitrogens with zero attached hydrogens (tertiary/aromatic N) is 2. The van der Waals surface area contributed by atoms with Gasteiger partial charge in [0.05, 0.1) is 23.3 Å². The van der Waals surface area contributed by atoms with E-state index >= 15 is 0 Å². The number of pyridine rings is 1. The number of sulfonamides is 1. The molecule has 0 aliphatic rings. The maximum Gasteiger partial charge on any atom is 0.266 e. The van der Waals surface area contributed by atoms with Crippen molar-refractivity contribution in [3.63, 3.8) is 0 Å². The van der Waals surface area contributed by atoms with Gasteiger partial charge in [0.1, 0.15) is 16.5 Å². The van der Waals surface area contributed by atoms with Crippen LogP contribution in [0.25, 0.3) is 0 Å². The number of aromatic nitrogens is 3. The van der Waals surface area contributed by atoms with E-state index in [-0.39, 0.29) is 16.5 Å². The van der Waals surface area contributed by atoms with Gasteiger partial charge in [0.15, 0.2) is 0 Å². The van der Waals surface area contributed by atoms with Gasteiger partial charge in [-0.05, 0) is 32.0 Å². The first-order valence-electron chi connectivity index (χ1n) is 7.84. The number of nitrogens with one attached hydrogen (secondary N) is 3. The second-order valence-corrected chi connectivity index (χ2v) is 7.36. The van der Waals surface area contributed by atoms with E-state index in [1.165, 1.54) is 18.3 Å². The fourth-order valence-corrected chi connectivity index (χ4v) is 3.90. The van der Waals surface area contributed by atoms with Crippen LogP contribution in [-0.2, 0) is 16.6 Å². The number of hydrogen-bond acceptors (Lipinski definition) is 5. The number of anilines is 2. The topological polar surface area (TPSA) is 99.8 Å². The van der Waals surface area contributed by atoms with Gasteiger partial charge in [0.25, 0.3) is 10.0 Å². The lowest BCUT2D eigenvalue weighted by Gasteiger charge is -2.10. The van der Waals surface area contributed by atoms with Crippen molar-refractivity contribution in [2.75, 3.05) is 10.0 Å². The Labute approximate surface area is 150 Å². The molecule has 0 atom stereocenters. The number of aryl methyl sites for hydroxylation is 2. The van der Waals surface area contributed by atoms with Gasteiger partial charge in [0, 0.05) is 12.1 Å². The van der Waals surface area contributed by atoms with Crippen molar-refractivity contribution in [1.82, 2.24) is 15.2 Å². The van der Waals surface area contributed by atoms with Crippen LogP contribution in [0.3, 0.4) is 0 Å². The van der Waals surface area contributed by atoms with E-state index in [2.05, 4.69) is 25.2 Å². The minimum atomic E-state index is -3.78. The van der Waals surface area contributed by atoms with E-state index in [0.717, 1.165) is 0 Å². The number of hydrogen-bond donors (Lipinski definition) is 3. The average molecular weight is 375 g/mol. The molecule has 3 aromatic rings. The van der Waals surface area contributed by atoms with Gasteiger partial charge < -0.3 is 5.32 Å². The molecular formula is C17H18FN5O2S. The predicted molar refractivity (Wildman–Crippen MR) is 96.8 cm³/mol. The van der Waals surface area contributed by atoms with E-state index in [1.807, 2.05) is 0 Å². The number of H-pyrrole nitrogens is 1. The smallest absolute Gasteiger partial charge is 0.266 e. The normalized spacial score (nSPS) is 11.3. The van der Waals surface area contributed by atoms with Gasteiger partial charge in [-0.2, -0.15) is 5.10 Å². The monoisotopic (exact) mass is 375 g/mol. The molecule has 0 saturated heterocycles. The van der Waals surface area contributed by atoms with Crippen molar-refractivity contribution in [3.05, 3.63) is 65.4 Å². The molecule has 2 aromatic heterocycles. The Morgan fingerprint density at radius 3 is 2.54 bits per heavy atom. The lowest BCUT2D eigenvalue weighted by atomic mass is 10.2. The van der Waals surface area contributed by atoms with Crippen LogP contribution in [0.1, 0.15) is 17.0 Å². The molecule has 0 spiro atoms. The zero-order chi connectivity index (χ0) is 18.7. The highest BCUT2D eigenvalue weighted by molar-refractivity contribution is 7.92. The Bertz CT molecular complexity index is 996. The van der Waals surface area contributed by atoms with E-state index in [1.54, 1.807) is 38.1 Å². The van der Waals surface area contributed by atoms with Gasteiger partial charge in [-0.3, -0.25) is 9.82 Å². The summed E-state index contributed by atoms with van der Waals surface area (Å²) in [6.07, 6.45) is 1.48. The Kier molecular flexibility index (Phi) is 4.90. The third-order valence-electron chi connectivity index (χ3n) is 3.77. The zero-order valence-electron chi connectivity index (χ0n) is 14.2. The number of halogens is 1. The van der Waals surface area contributed by atoms with Gasteiger partial charge in [-0.25, -0.2) is 17.8 Å². The van der Waals surface area contributed by atoms with Gasteiger partial charge >= 0.3 is 0 Å². The lowest BCUT2D eigenvalue weighted by molar-refractivity contribution is 0.600. The number of rotatable bonds is 6. The first-order valence-corrected chi connectivity index (χ1v) is 9.33. The van der Waals surface area contributed by atoms with Crippen molar-refractivity contribution in [1.29, 1.82) is 0 Å². The molecule has 7 nitrogen and oxygen atoms in total. The zero-order valence-corrected chi connectivity index (χ0v) is 15.1. The average Bonchev–Trinajstić information content (AvgIpc) is 2.94. The molecule has 3 rings (SSSR count). The number of benzene rings is 1. The molecule has 0 aliphatic heterocycles. The maximum atomic E-state index is 13.6. The largest absolute Gasteiger partial charge is 0.380 e. The fourth-order valence-electron chi connectivity index (χ4n) is 2.52. The summed E-state index contributed by atoms with van der Waals surface area (Å²) < 4.78 is 41.0. The minimum absolute atomic E-state index is 0.112. The van der Waals surface area contributed by atoms with E-state index in [0.29, 0.717) is 29.2 Å². The molecule has 0 saturated carbocycles. The van der Waals surface area contributed by atoms with E-state index < -0.39 is 10.0 Å². The fraction of sp³-hybridized carbons (Fsp3) is 0.176. The van der Waals surface area contributed by atoms with Crippen LogP contribution < -0.4 is 10.0 Å². The van der Waals surface area contributed by atoms with Crippen LogP contribution in [-0.4, -0.2) is 23.6 Å². The molecule has 0 unspecified atom stereocenters. The van der Waals surface area contributed by atoms with Gasteiger partial charge in [-0.1, -0.05) is 18.2 Å². The number of aromatic amines is 1. The van der Waals surface area contributed by atoms with Crippen molar-refractivity contribution < 1.29 is 12.8 Å². The molecule has 0 radical (unpaired) electrons. The van der Waals surface area contributed by atoms with Gasteiger partial charge in [0.2, 0.25) is 0 Å². The van der Waals surface area contributed by atoms with Crippen molar-refractivity contribution in [2.45, 2.75) is 25.3 Å². The van der Waals surface area contributed by atoms with Crippen molar-refractivity contribution >= 4 is 21.5 Å². The molecule has 0 aliphatic carbocycles. The summed E-state index contributed by atoms with van der Waals surface area (Å²) >= 11 is 0. The standard InChI is InChI=1S/C17H18FN5O2S/c1-11-17(12(2)22-21-11)26(24,25)23-16-8-7-14(10-20-16)19-9-13-5-3-4-6-15(13)18/h3-8,10,19H,9H2,1-2H3,(H,20,23)(H,21,22). The lowest BCUT2D eigenvalue weighted by Crippen LogP contribution is -2.15. The second-order valence-electron chi connectivity index (χ2n) is 5.75. The van der Waals surface area contributed by atoms with Crippen LogP contribution >= 0.6 is 0 Å². The van der Waals surface area contributed by atoms with Crippen LogP contribution in [0.2, 0.25) is 0 Å². The molecule has 1 aromatic carbocycles. The molecule has 0 fully saturated rings. The predicted octanol–water partition coefficient (Wildman–Crippen LogP) is 2.97. The molecule has 3 N–H and O–H groups in total. The minimum Gasteiger partial charge on any atom is -0.380 e. The van der Waals surface area contributed by atoms with Crippen molar-refractivity contribution in [2.24, 2.45) is 0 Å². The molecular weight excluding hydrogens is 357 g/mol. The Balaban J connectivity index is 1.69. The third kappa shape index (κ3) is 3.83. The first-order chi connectivity index (χ1) is 12.4. The summed E-state index contributed by atoms with van der Waals surface area (Å²) in [6, 6.07) is 9.67. The summed E-state index contributed by atoms with van der Waals surface area (Å²) in [4.78, 5) is 4.20. The Morgan fingerprint density at radius 2 is 1.92 bits per heavy atom. The summed E-state index contributed by atoms with van der Waals surface area (Å²) in [5.41, 5.74) is 2.02. The highest BCUT2D eigenvalue weighted by Gasteiger charge is 2.22. The molecule has 136 valence electrons. The second kappa shape index (κ2) is 7.12. The van der Waals surface area contributed by atoms with Crippen LogP contribution in [0.5, 0.6) is 0 Å². The molecule has 26 heavy (non-hydrogen) atoms. The summed E-state index contributed by atoms with van der Waals surface area (Å²) in [7, 11) is -3.78. The molecule has 2 heterocycles. The molecule has 0 bridgehead atoms. The van der Waals surface area contributed by atoms with E-state index in [9.17, 15) is 12.8 Å². The summed E-state index contributed by atoms with van der Waals surface area (Å²) in [6.45, 7) is 3.55. The highest BCUT2D eigenvalue weighted by Crippen LogP contribution is 2.20. The van der Waals surface area contributed by atoms with Gasteiger partial charge in [-0.15, -0.1) is 0 Å². The SMILES string of the molecule is Cc1n[nH]c(C)c1S(=O)(=O)Nc1ccc(NCc2ccccc2F)cn1. The highest BCUT2D eigenvalue weighted by atomic mass is 32.2. The Hall–Kier alpha value is -2.94. The van der Waals surface area contributed by atoms with Crippen molar-refractivity contribution in [3.8, 4) is 0 Å². The maximum absolute atomic E-state index is 13.6. The quantitative estimate of drug-likeness (QED) is 0.615. The molecule has 9 heteroatoms. The van der Waals surface area contributed by atoms with Crippen LogP contribution in [0.4, 0.5) is 15.9 Å². The summed E-state index contributed by atoms with van der Waals surface area (Å²) in [5.74, 6) is -0.107. The van der Waals surface area contributed by atoms with E-state index in [4.69, 9.17) is 0 Å².